The van der Waals surface area contributed by atoms with Gasteiger partial charge in [-0.1, -0.05) is 29.8 Å². The van der Waals surface area contributed by atoms with Crippen molar-refractivity contribution in [1.29, 1.82) is 0 Å². The second-order valence-corrected chi connectivity index (χ2v) is 5.95. The number of nitrogens with zero attached hydrogens (tertiary/aromatic N) is 3. The zero-order valence-electron chi connectivity index (χ0n) is 13.4. The number of aryl methyl sites for hydroxylation is 1. The van der Waals surface area contributed by atoms with Crippen LogP contribution in [0.15, 0.2) is 42.5 Å². The molecule has 8 heteroatoms. The Bertz CT molecular complexity index is 1130. The van der Waals surface area contributed by atoms with Gasteiger partial charge in [0.25, 0.3) is 0 Å². The summed E-state index contributed by atoms with van der Waals surface area (Å²) >= 11 is 6.23. The molecule has 0 radical (unpaired) electrons. The predicted octanol–water partition coefficient (Wildman–Crippen LogP) is 5.05. The second kappa shape index (κ2) is 6.34. The van der Waals surface area contributed by atoms with E-state index in [0.717, 1.165) is 17.7 Å². The predicted molar refractivity (Wildman–Crippen MR) is 93.3 cm³/mol. The van der Waals surface area contributed by atoms with E-state index < -0.39 is 11.6 Å². The molecular formula is C18H11ClF2N4O. The first-order valence-corrected chi connectivity index (χ1v) is 8.01. The van der Waals surface area contributed by atoms with Gasteiger partial charge in [0.1, 0.15) is 17.0 Å². The van der Waals surface area contributed by atoms with Crippen LogP contribution >= 0.6 is 11.6 Å². The monoisotopic (exact) mass is 372 g/mol. The van der Waals surface area contributed by atoms with Crippen LogP contribution in [-0.4, -0.2) is 20.2 Å². The van der Waals surface area contributed by atoms with E-state index in [1.165, 1.54) is 6.07 Å². The van der Waals surface area contributed by atoms with E-state index in [2.05, 4.69) is 20.2 Å². The first kappa shape index (κ1) is 16.4. The molecule has 26 heavy (non-hydrogen) atoms. The average molecular weight is 373 g/mol. The lowest BCUT2D eigenvalue weighted by Crippen LogP contribution is -1.97. The molecule has 4 rings (SSSR count). The van der Waals surface area contributed by atoms with Crippen molar-refractivity contribution >= 4 is 22.8 Å². The molecular weight excluding hydrogens is 362 g/mol. The van der Waals surface area contributed by atoms with Crippen molar-refractivity contribution in [3.05, 3.63) is 64.8 Å². The minimum Gasteiger partial charge on any atom is -0.434 e. The number of benzene rings is 2. The third kappa shape index (κ3) is 2.86. The molecule has 0 amide bonds. The standard InChI is InChI=1S/C18H11ClF2N4O/c1-9-18(26-14-7-6-10(20)8-13(14)21)23-17-16(22-9)15(24-25-17)11-4-2-3-5-12(11)19/h2-8H,1H3,(H,23,24,25). The summed E-state index contributed by atoms with van der Waals surface area (Å²) in [6, 6.07) is 10.3. The number of aromatic amines is 1. The highest BCUT2D eigenvalue weighted by atomic mass is 35.5. The van der Waals surface area contributed by atoms with Crippen LogP contribution in [0.3, 0.4) is 0 Å². The fourth-order valence-corrected chi connectivity index (χ4v) is 2.74. The van der Waals surface area contributed by atoms with Gasteiger partial charge >= 0.3 is 0 Å². The summed E-state index contributed by atoms with van der Waals surface area (Å²) < 4.78 is 32.3. The number of fused-ring (bicyclic) bond motifs is 1. The highest BCUT2D eigenvalue weighted by Gasteiger charge is 2.17. The zero-order valence-corrected chi connectivity index (χ0v) is 14.2. The SMILES string of the molecule is Cc1nc2c(-c3ccccc3Cl)[nH]nc2nc1Oc1ccc(F)cc1F. The average Bonchev–Trinajstić information content (AvgIpc) is 3.00. The van der Waals surface area contributed by atoms with Gasteiger partial charge in [0.15, 0.2) is 11.6 Å². The van der Waals surface area contributed by atoms with Gasteiger partial charge in [-0.25, -0.2) is 13.8 Å². The van der Waals surface area contributed by atoms with Crippen LogP contribution in [0.25, 0.3) is 22.4 Å². The van der Waals surface area contributed by atoms with Crippen LogP contribution in [0.5, 0.6) is 11.6 Å². The van der Waals surface area contributed by atoms with Crippen molar-refractivity contribution in [1.82, 2.24) is 20.2 Å². The highest BCUT2D eigenvalue weighted by Crippen LogP contribution is 2.32. The Kier molecular flexibility index (Phi) is 4.00. The van der Waals surface area contributed by atoms with Crippen LogP contribution < -0.4 is 4.74 Å². The maximum absolute atomic E-state index is 13.8. The van der Waals surface area contributed by atoms with Crippen molar-refractivity contribution < 1.29 is 13.5 Å². The second-order valence-electron chi connectivity index (χ2n) is 5.54. The Morgan fingerprint density at radius 3 is 2.65 bits per heavy atom. The molecule has 0 fully saturated rings. The zero-order chi connectivity index (χ0) is 18.3. The third-order valence-electron chi connectivity index (χ3n) is 3.76. The molecule has 0 aliphatic heterocycles. The molecule has 4 aromatic rings. The lowest BCUT2D eigenvalue weighted by molar-refractivity contribution is 0.420. The van der Waals surface area contributed by atoms with Gasteiger partial charge in [-0.05, 0) is 25.1 Å². The van der Waals surface area contributed by atoms with Gasteiger partial charge in [-0.3, -0.25) is 5.10 Å². The maximum atomic E-state index is 13.8. The minimum atomic E-state index is -0.829. The fourth-order valence-electron chi connectivity index (χ4n) is 2.51. The van der Waals surface area contributed by atoms with Gasteiger partial charge in [0.05, 0.1) is 10.7 Å². The summed E-state index contributed by atoms with van der Waals surface area (Å²) in [6.45, 7) is 1.67. The molecule has 0 spiro atoms. The molecule has 0 saturated carbocycles. The van der Waals surface area contributed by atoms with Gasteiger partial charge in [-0.2, -0.15) is 10.1 Å². The summed E-state index contributed by atoms with van der Waals surface area (Å²) in [5.74, 6) is -1.58. The summed E-state index contributed by atoms with van der Waals surface area (Å²) in [7, 11) is 0. The molecule has 0 unspecified atom stereocenters. The van der Waals surface area contributed by atoms with E-state index in [4.69, 9.17) is 16.3 Å². The van der Waals surface area contributed by atoms with E-state index in [-0.39, 0.29) is 11.6 Å². The molecule has 2 aromatic heterocycles. The van der Waals surface area contributed by atoms with E-state index in [1.54, 1.807) is 13.0 Å². The third-order valence-corrected chi connectivity index (χ3v) is 4.09. The van der Waals surface area contributed by atoms with Gasteiger partial charge in [0.2, 0.25) is 11.5 Å². The summed E-state index contributed by atoms with van der Waals surface area (Å²) in [5, 5.41) is 7.54. The fraction of sp³-hybridized carbons (Fsp3) is 0.0556. The molecule has 0 saturated heterocycles. The number of hydrogen-bond donors (Lipinski definition) is 1. The first-order chi connectivity index (χ1) is 12.5. The Hall–Kier alpha value is -3.06. The number of ether oxygens (including phenoxy) is 1. The van der Waals surface area contributed by atoms with Crippen molar-refractivity contribution in [3.8, 4) is 22.9 Å². The van der Waals surface area contributed by atoms with Crippen LogP contribution in [0.1, 0.15) is 5.69 Å². The quantitative estimate of drug-likeness (QED) is 0.546. The molecule has 2 aromatic carbocycles. The Morgan fingerprint density at radius 1 is 1.08 bits per heavy atom. The van der Waals surface area contributed by atoms with Crippen LogP contribution in [0, 0.1) is 18.6 Å². The van der Waals surface area contributed by atoms with Gasteiger partial charge in [0, 0.05) is 11.6 Å². The molecule has 5 nitrogen and oxygen atoms in total. The first-order valence-electron chi connectivity index (χ1n) is 7.63. The van der Waals surface area contributed by atoms with Crippen molar-refractivity contribution in [2.45, 2.75) is 6.92 Å². The Balaban J connectivity index is 1.78. The number of halogens is 3. The van der Waals surface area contributed by atoms with Crippen molar-refractivity contribution in [3.63, 3.8) is 0 Å². The normalized spacial score (nSPS) is 11.1. The summed E-state index contributed by atoms with van der Waals surface area (Å²) in [6.07, 6.45) is 0. The molecule has 1 N–H and O–H groups in total. The minimum absolute atomic E-state index is 0.0835. The number of aromatic nitrogens is 4. The number of nitrogens with one attached hydrogen (secondary N) is 1. The van der Waals surface area contributed by atoms with E-state index in [1.807, 2.05) is 18.2 Å². The number of H-pyrrole nitrogens is 1. The topological polar surface area (TPSA) is 63.7 Å². The van der Waals surface area contributed by atoms with Crippen LogP contribution in [0.4, 0.5) is 8.78 Å². The number of hydrogen-bond acceptors (Lipinski definition) is 4. The lowest BCUT2D eigenvalue weighted by Gasteiger charge is -2.08. The molecule has 0 aliphatic rings. The molecule has 2 heterocycles. The van der Waals surface area contributed by atoms with Crippen LogP contribution in [0.2, 0.25) is 5.02 Å². The Morgan fingerprint density at radius 2 is 1.88 bits per heavy atom. The van der Waals surface area contributed by atoms with Gasteiger partial charge < -0.3 is 4.74 Å². The summed E-state index contributed by atoms with van der Waals surface area (Å²) in [4.78, 5) is 8.74. The van der Waals surface area contributed by atoms with Crippen molar-refractivity contribution in [2.24, 2.45) is 0 Å². The smallest absolute Gasteiger partial charge is 0.243 e. The summed E-state index contributed by atoms with van der Waals surface area (Å²) in [5.41, 5.74) is 2.60. The van der Waals surface area contributed by atoms with Crippen LogP contribution in [-0.2, 0) is 0 Å². The molecule has 0 bridgehead atoms. The Labute approximate surface area is 151 Å². The van der Waals surface area contributed by atoms with Gasteiger partial charge in [-0.15, -0.1) is 0 Å². The van der Waals surface area contributed by atoms with E-state index >= 15 is 0 Å². The maximum Gasteiger partial charge on any atom is 0.243 e. The molecule has 130 valence electrons. The van der Waals surface area contributed by atoms with Crippen molar-refractivity contribution in [2.75, 3.05) is 0 Å². The van der Waals surface area contributed by atoms with E-state index in [9.17, 15) is 8.78 Å². The highest BCUT2D eigenvalue weighted by molar-refractivity contribution is 6.33. The molecule has 0 aliphatic carbocycles. The lowest BCUT2D eigenvalue weighted by atomic mass is 10.1. The molecule has 0 atom stereocenters. The number of rotatable bonds is 3. The largest absolute Gasteiger partial charge is 0.434 e. The van der Waals surface area contributed by atoms with E-state index in [0.29, 0.717) is 27.6 Å².